The lowest BCUT2D eigenvalue weighted by Crippen LogP contribution is -2.29. The Hall–Kier alpha value is -1.82. The van der Waals surface area contributed by atoms with Crippen molar-refractivity contribution in [2.75, 3.05) is 0 Å². The molecule has 0 fully saturated rings. The van der Waals surface area contributed by atoms with Crippen LogP contribution in [0.3, 0.4) is 0 Å². The average Bonchev–Trinajstić information content (AvgIpc) is 2.37. The van der Waals surface area contributed by atoms with Crippen LogP contribution in [0.4, 0.5) is 0 Å². The van der Waals surface area contributed by atoms with Crippen LogP contribution in [0.5, 0.6) is 0 Å². The van der Waals surface area contributed by atoms with Gasteiger partial charge in [0, 0.05) is 11.8 Å². The van der Waals surface area contributed by atoms with Crippen molar-refractivity contribution in [2.24, 2.45) is 11.8 Å². The molecule has 17 heavy (non-hydrogen) atoms. The summed E-state index contributed by atoms with van der Waals surface area (Å²) in [4.78, 5) is 0. The van der Waals surface area contributed by atoms with Crippen LogP contribution in [0.2, 0.25) is 0 Å². The molecule has 0 N–H and O–H groups in total. The highest BCUT2D eigenvalue weighted by molar-refractivity contribution is 5.62. The molecule has 0 heterocycles. The van der Waals surface area contributed by atoms with Crippen molar-refractivity contribution < 1.29 is 0 Å². The van der Waals surface area contributed by atoms with E-state index >= 15 is 0 Å². The van der Waals surface area contributed by atoms with Crippen molar-refractivity contribution in [1.29, 1.82) is 0 Å². The van der Waals surface area contributed by atoms with E-state index in [4.69, 9.17) is 0 Å². The molecular weight excluding hydrogens is 204 g/mol. The molecule has 0 nitrogen and oxygen atoms in total. The third kappa shape index (κ3) is 1.13. The quantitative estimate of drug-likeness (QED) is 0.575. The lowest BCUT2D eigenvalue weighted by molar-refractivity contribution is 0.556. The molecular formula is C17H14. The van der Waals surface area contributed by atoms with Crippen LogP contribution in [0.25, 0.3) is 0 Å². The Morgan fingerprint density at radius 1 is 0.765 bits per heavy atom. The third-order valence-electron chi connectivity index (χ3n) is 4.19. The predicted octanol–water partition coefficient (Wildman–Crippen LogP) is 4.04. The first-order valence-corrected chi connectivity index (χ1v) is 6.21. The van der Waals surface area contributed by atoms with Gasteiger partial charge < -0.3 is 0 Å². The average molecular weight is 218 g/mol. The zero-order valence-electron chi connectivity index (χ0n) is 9.85. The molecule has 0 spiro atoms. The molecule has 0 saturated carbocycles. The van der Waals surface area contributed by atoms with E-state index in [1.54, 1.807) is 0 Å². The van der Waals surface area contributed by atoms with E-state index in [1.807, 2.05) is 0 Å². The molecule has 2 atom stereocenters. The van der Waals surface area contributed by atoms with E-state index in [9.17, 15) is 0 Å². The fourth-order valence-corrected chi connectivity index (χ4v) is 3.44. The van der Waals surface area contributed by atoms with Gasteiger partial charge in [-0.05, 0) is 34.8 Å². The maximum atomic E-state index is 2.35. The van der Waals surface area contributed by atoms with E-state index in [2.05, 4.69) is 61.6 Å². The molecule has 4 aliphatic rings. The van der Waals surface area contributed by atoms with Crippen LogP contribution in [-0.2, 0) is 0 Å². The van der Waals surface area contributed by atoms with Gasteiger partial charge in [-0.2, -0.15) is 0 Å². The monoisotopic (exact) mass is 218 g/mol. The Labute approximate surface area is 102 Å². The maximum Gasteiger partial charge on any atom is 0.0201 e. The van der Waals surface area contributed by atoms with Crippen LogP contribution in [0, 0.1) is 11.8 Å². The Bertz CT molecular complexity index is 612. The van der Waals surface area contributed by atoms with Crippen molar-refractivity contribution in [3.8, 4) is 0 Å². The fraction of sp³-hybridized carbons (Fsp3) is 0.176. The number of rotatable bonds is 0. The predicted molar refractivity (Wildman–Crippen MR) is 71.3 cm³/mol. The van der Waals surface area contributed by atoms with Gasteiger partial charge in [-0.3, -0.25) is 0 Å². The lowest BCUT2D eigenvalue weighted by atomic mass is 9.63. The van der Waals surface area contributed by atoms with Crippen molar-refractivity contribution in [3.63, 3.8) is 0 Å². The first kappa shape index (κ1) is 9.23. The van der Waals surface area contributed by atoms with Crippen LogP contribution in [0.1, 0.15) is 6.92 Å². The second-order valence-electron chi connectivity index (χ2n) is 5.12. The summed E-state index contributed by atoms with van der Waals surface area (Å²) in [5.41, 5.74) is 7.32. The first-order chi connectivity index (χ1) is 8.34. The Balaban J connectivity index is 2.04. The summed E-state index contributed by atoms with van der Waals surface area (Å²) < 4.78 is 0. The minimum absolute atomic E-state index is 0.555. The van der Waals surface area contributed by atoms with E-state index in [1.165, 1.54) is 27.9 Å². The summed E-state index contributed by atoms with van der Waals surface area (Å²) in [5.74, 6) is 1.11. The second kappa shape index (κ2) is 3.10. The molecule has 0 amide bonds. The summed E-state index contributed by atoms with van der Waals surface area (Å²) >= 11 is 0. The topological polar surface area (TPSA) is 0 Å². The summed E-state index contributed by atoms with van der Waals surface area (Å²) in [6.07, 6.45) is 20.3. The van der Waals surface area contributed by atoms with Crippen LogP contribution in [0.15, 0.2) is 82.5 Å². The summed E-state index contributed by atoms with van der Waals surface area (Å²) in [7, 11) is 0. The zero-order chi connectivity index (χ0) is 11.4. The summed E-state index contributed by atoms with van der Waals surface area (Å²) in [5, 5.41) is 0. The van der Waals surface area contributed by atoms with Crippen molar-refractivity contribution in [1.82, 2.24) is 0 Å². The van der Waals surface area contributed by atoms with Crippen molar-refractivity contribution in [3.05, 3.63) is 82.5 Å². The molecule has 4 rings (SSSR count). The molecule has 0 saturated heterocycles. The largest absolute Gasteiger partial charge is 0.0617 e. The SMILES string of the molecule is CC1=CC2=CC=CC3=CC=C4C=CC=C1C4C32. The highest BCUT2D eigenvalue weighted by Crippen LogP contribution is 2.50. The molecule has 0 heteroatoms. The molecule has 0 radical (unpaired) electrons. The van der Waals surface area contributed by atoms with Crippen molar-refractivity contribution in [2.45, 2.75) is 6.92 Å². The van der Waals surface area contributed by atoms with Crippen LogP contribution >= 0.6 is 0 Å². The molecule has 0 aromatic rings. The van der Waals surface area contributed by atoms with Gasteiger partial charge in [0.2, 0.25) is 0 Å². The first-order valence-electron chi connectivity index (χ1n) is 6.21. The Morgan fingerprint density at radius 2 is 1.47 bits per heavy atom. The van der Waals surface area contributed by atoms with Gasteiger partial charge in [0.05, 0.1) is 0 Å². The zero-order valence-corrected chi connectivity index (χ0v) is 9.85. The third-order valence-corrected chi connectivity index (χ3v) is 4.19. The van der Waals surface area contributed by atoms with Gasteiger partial charge in [-0.1, -0.05) is 54.7 Å². The van der Waals surface area contributed by atoms with E-state index in [0.29, 0.717) is 11.8 Å². The standard InChI is InChI=1S/C17H14/c1-11-10-14-6-2-4-12-8-9-13-5-3-7-15(11)17(13)16(12)14/h2-10,16-17H,1H3. The minimum atomic E-state index is 0.555. The Morgan fingerprint density at radius 3 is 2.29 bits per heavy atom. The van der Waals surface area contributed by atoms with Gasteiger partial charge in [0.25, 0.3) is 0 Å². The van der Waals surface area contributed by atoms with Gasteiger partial charge in [-0.25, -0.2) is 0 Å². The molecule has 82 valence electrons. The maximum absolute atomic E-state index is 2.35. The molecule has 4 aliphatic carbocycles. The normalized spacial score (nSPS) is 31.9. The number of hydrogen-bond acceptors (Lipinski definition) is 0. The van der Waals surface area contributed by atoms with Gasteiger partial charge in [0.1, 0.15) is 0 Å². The van der Waals surface area contributed by atoms with Crippen molar-refractivity contribution >= 4 is 0 Å². The summed E-state index contributed by atoms with van der Waals surface area (Å²) in [6, 6.07) is 0. The van der Waals surface area contributed by atoms with Crippen LogP contribution < -0.4 is 0 Å². The van der Waals surface area contributed by atoms with Gasteiger partial charge in [0.15, 0.2) is 0 Å². The molecule has 0 aromatic carbocycles. The van der Waals surface area contributed by atoms with E-state index < -0.39 is 0 Å². The van der Waals surface area contributed by atoms with Crippen LogP contribution in [-0.4, -0.2) is 0 Å². The lowest BCUT2D eigenvalue weighted by Gasteiger charge is -2.41. The van der Waals surface area contributed by atoms with Gasteiger partial charge in [-0.15, -0.1) is 0 Å². The van der Waals surface area contributed by atoms with E-state index in [-0.39, 0.29) is 0 Å². The van der Waals surface area contributed by atoms with E-state index in [0.717, 1.165) is 0 Å². The molecule has 0 aliphatic heterocycles. The molecule has 0 bridgehead atoms. The second-order valence-corrected chi connectivity index (χ2v) is 5.12. The minimum Gasteiger partial charge on any atom is -0.0617 e. The smallest absolute Gasteiger partial charge is 0.0201 e. The summed E-state index contributed by atoms with van der Waals surface area (Å²) in [6.45, 7) is 2.23. The fourth-order valence-electron chi connectivity index (χ4n) is 3.44. The molecule has 0 aromatic heterocycles. The van der Waals surface area contributed by atoms with Gasteiger partial charge >= 0.3 is 0 Å². The highest BCUT2D eigenvalue weighted by atomic mass is 14.4. The number of allylic oxidation sites excluding steroid dienone is 14. The molecule has 2 unspecified atom stereocenters. The number of hydrogen-bond donors (Lipinski definition) is 0. The Kier molecular flexibility index (Phi) is 1.69. The highest BCUT2D eigenvalue weighted by Gasteiger charge is 2.38.